The van der Waals surface area contributed by atoms with Gasteiger partial charge in [-0.1, -0.05) is 36.4 Å². The highest BCUT2D eigenvalue weighted by Crippen LogP contribution is 2.32. The van der Waals surface area contributed by atoms with Gasteiger partial charge in [-0.2, -0.15) is 0 Å². The third kappa shape index (κ3) is 4.43. The van der Waals surface area contributed by atoms with Crippen LogP contribution in [0.1, 0.15) is 15.9 Å². The van der Waals surface area contributed by atoms with Gasteiger partial charge in [0, 0.05) is 47.2 Å². The third-order valence-electron chi connectivity index (χ3n) is 5.69. The molecule has 2 aromatic heterocycles. The molecule has 0 fully saturated rings. The standard InChI is InChI=1S/C27H20FN3O3S/c28-22-11-7-19(8-12-22)16-30-27(32)20-9-13-23(14-10-20)35(33,34)31-18-25(21-4-3-15-29-17-21)24-5-1-2-6-26(24)31/h1-15,17-18H,16H2,(H,30,32). The van der Waals surface area contributed by atoms with E-state index in [9.17, 15) is 17.6 Å². The minimum atomic E-state index is -3.93. The lowest BCUT2D eigenvalue weighted by Gasteiger charge is -2.09. The van der Waals surface area contributed by atoms with E-state index in [1.165, 1.54) is 40.4 Å². The molecule has 0 unspecified atom stereocenters. The van der Waals surface area contributed by atoms with Crippen LogP contribution in [0.5, 0.6) is 0 Å². The molecule has 174 valence electrons. The van der Waals surface area contributed by atoms with E-state index in [1.54, 1.807) is 48.9 Å². The number of halogens is 1. The van der Waals surface area contributed by atoms with Crippen molar-refractivity contribution in [3.63, 3.8) is 0 Å². The minimum Gasteiger partial charge on any atom is -0.348 e. The first kappa shape index (κ1) is 22.5. The first-order chi connectivity index (χ1) is 16.9. The van der Waals surface area contributed by atoms with Crippen LogP contribution in [-0.4, -0.2) is 23.3 Å². The Bertz CT molecular complexity index is 1610. The summed E-state index contributed by atoms with van der Waals surface area (Å²) in [6, 6.07) is 22.6. The third-order valence-corrected chi connectivity index (χ3v) is 7.38. The second kappa shape index (κ2) is 9.15. The van der Waals surface area contributed by atoms with Gasteiger partial charge in [0.15, 0.2) is 0 Å². The number of carbonyl (C=O) groups excluding carboxylic acids is 1. The molecule has 0 aliphatic heterocycles. The predicted octanol–water partition coefficient (Wildman–Crippen LogP) is 5.01. The first-order valence-electron chi connectivity index (χ1n) is 10.8. The Labute approximate surface area is 201 Å². The molecule has 1 amide bonds. The van der Waals surface area contributed by atoms with Crippen molar-refractivity contribution < 1.29 is 17.6 Å². The van der Waals surface area contributed by atoms with E-state index in [-0.39, 0.29) is 23.2 Å². The Balaban J connectivity index is 1.42. The van der Waals surface area contributed by atoms with Crippen molar-refractivity contribution in [2.24, 2.45) is 0 Å². The second-order valence-corrected chi connectivity index (χ2v) is 9.75. The fraction of sp³-hybridized carbons (Fsp3) is 0.0370. The zero-order valence-electron chi connectivity index (χ0n) is 18.4. The summed E-state index contributed by atoms with van der Waals surface area (Å²) in [5, 5.41) is 3.54. The van der Waals surface area contributed by atoms with Crippen LogP contribution in [-0.2, 0) is 16.6 Å². The lowest BCUT2D eigenvalue weighted by Crippen LogP contribution is -2.22. The number of carbonyl (C=O) groups is 1. The molecule has 0 aliphatic rings. The van der Waals surface area contributed by atoms with Gasteiger partial charge in [-0.15, -0.1) is 0 Å². The lowest BCUT2D eigenvalue weighted by molar-refractivity contribution is 0.0951. The van der Waals surface area contributed by atoms with Crippen LogP contribution in [0, 0.1) is 5.82 Å². The van der Waals surface area contributed by atoms with Gasteiger partial charge in [-0.25, -0.2) is 16.8 Å². The Morgan fingerprint density at radius 1 is 0.914 bits per heavy atom. The van der Waals surface area contributed by atoms with Crippen LogP contribution in [0.3, 0.4) is 0 Å². The summed E-state index contributed by atoms with van der Waals surface area (Å²) in [5.41, 5.74) is 3.19. The van der Waals surface area contributed by atoms with Gasteiger partial charge >= 0.3 is 0 Å². The average Bonchev–Trinajstić information content (AvgIpc) is 3.29. The topological polar surface area (TPSA) is 81.1 Å². The smallest absolute Gasteiger partial charge is 0.268 e. The Kier molecular flexibility index (Phi) is 5.88. The van der Waals surface area contributed by atoms with E-state index in [0.717, 1.165) is 22.1 Å². The summed E-state index contributed by atoms with van der Waals surface area (Å²) < 4.78 is 41.4. The Morgan fingerprint density at radius 2 is 1.66 bits per heavy atom. The van der Waals surface area contributed by atoms with E-state index in [0.29, 0.717) is 11.1 Å². The number of benzene rings is 3. The molecule has 8 heteroatoms. The van der Waals surface area contributed by atoms with Gasteiger partial charge in [-0.3, -0.25) is 9.78 Å². The van der Waals surface area contributed by atoms with Gasteiger partial charge in [0.25, 0.3) is 15.9 Å². The molecule has 5 aromatic rings. The largest absolute Gasteiger partial charge is 0.348 e. The van der Waals surface area contributed by atoms with Crippen molar-refractivity contribution in [1.82, 2.24) is 14.3 Å². The summed E-state index contributed by atoms with van der Waals surface area (Å²) in [6.45, 7) is 0.228. The van der Waals surface area contributed by atoms with Crippen molar-refractivity contribution in [2.45, 2.75) is 11.4 Å². The van der Waals surface area contributed by atoms with Gasteiger partial charge in [-0.05, 0) is 54.1 Å². The van der Waals surface area contributed by atoms with Crippen LogP contribution in [0.25, 0.3) is 22.0 Å². The van der Waals surface area contributed by atoms with E-state index in [1.807, 2.05) is 18.2 Å². The molecule has 6 nitrogen and oxygen atoms in total. The molecule has 0 aliphatic carbocycles. The number of rotatable bonds is 6. The summed E-state index contributed by atoms with van der Waals surface area (Å²) >= 11 is 0. The molecular formula is C27H20FN3O3S. The number of amides is 1. The molecule has 3 aromatic carbocycles. The predicted molar refractivity (Wildman–Crippen MR) is 132 cm³/mol. The zero-order chi connectivity index (χ0) is 24.4. The summed E-state index contributed by atoms with van der Waals surface area (Å²) in [6.07, 6.45) is 4.95. The number of fused-ring (bicyclic) bond motifs is 1. The number of pyridine rings is 1. The highest BCUT2D eigenvalue weighted by atomic mass is 32.2. The molecule has 0 saturated carbocycles. The van der Waals surface area contributed by atoms with Gasteiger partial charge in [0.05, 0.1) is 10.4 Å². The molecule has 2 heterocycles. The number of hydrogen-bond acceptors (Lipinski definition) is 4. The van der Waals surface area contributed by atoms with E-state index in [4.69, 9.17) is 0 Å². The van der Waals surface area contributed by atoms with Crippen molar-refractivity contribution in [1.29, 1.82) is 0 Å². The molecular weight excluding hydrogens is 465 g/mol. The maximum atomic E-state index is 13.5. The fourth-order valence-electron chi connectivity index (χ4n) is 3.88. The summed E-state index contributed by atoms with van der Waals surface area (Å²) in [7, 11) is -3.93. The Morgan fingerprint density at radius 3 is 2.37 bits per heavy atom. The van der Waals surface area contributed by atoms with E-state index in [2.05, 4.69) is 10.3 Å². The SMILES string of the molecule is O=C(NCc1ccc(F)cc1)c1ccc(S(=O)(=O)n2cc(-c3cccnc3)c3ccccc32)cc1. The normalized spacial score (nSPS) is 11.5. The zero-order valence-corrected chi connectivity index (χ0v) is 19.2. The van der Waals surface area contributed by atoms with Crippen LogP contribution in [0.15, 0.2) is 108 Å². The molecule has 0 bridgehead atoms. The van der Waals surface area contributed by atoms with Crippen LogP contribution >= 0.6 is 0 Å². The monoisotopic (exact) mass is 485 g/mol. The maximum Gasteiger partial charge on any atom is 0.268 e. The van der Waals surface area contributed by atoms with Crippen molar-refractivity contribution in [2.75, 3.05) is 0 Å². The van der Waals surface area contributed by atoms with Gasteiger partial charge in [0.1, 0.15) is 5.82 Å². The summed E-state index contributed by atoms with van der Waals surface area (Å²) in [5.74, 6) is -0.705. The minimum absolute atomic E-state index is 0.0612. The molecule has 0 radical (unpaired) electrons. The molecule has 35 heavy (non-hydrogen) atoms. The molecule has 1 N–H and O–H groups in total. The number of hydrogen-bond donors (Lipinski definition) is 1. The average molecular weight is 486 g/mol. The number of aromatic nitrogens is 2. The van der Waals surface area contributed by atoms with Gasteiger partial charge < -0.3 is 5.32 Å². The van der Waals surface area contributed by atoms with Crippen molar-refractivity contribution >= 4 is 26.8 Å². The quantitative estimate of drug-likeness (QED) is 0.367. The molecule has 0 atom stereocenters. The van der Waals surface area contributed by atoms with Crippen LogP contribution in [0.2, 0.25) is 0 Å². The lowest BCUT2D eigenvalue weighted by atomic mass is 10.1. The number of para-hydroxylation sites is 1. The van der Waals surface area contributed by atoms with E-state index < -0.39 is 10.0 Å². The summed E-state index contributed by atoms with van der Waals surface area (Å²) in [4.78, 5) is 16.7. The number of nitrogens with one attached hydrogen (secondary N) is 1. The maximum absolute atomic E-state index is 13.5. The Hall–Kier alpha value is -4.30. The van der Waals surface area contributed by atoms with Gasteiger partial charge in [0.2, 0.25) is 0 Å². The highest BCUT2D eigenvalue weighted by Gasteiger charge is 2.22. The number of nitrogens with zero attached hydrogens (tertiary/aromatic N) is 2. The first-order valence-corrected chi connectivity index (χ1v) is 12.3. The van der Waals surface area contributed by atoms with Crippen LogP contribution < -0.4 is 5.32 Å². The second-order valence-electron chi connectivity index (χ2n) is 7.94. The van der Waals surface area contributed by atoms with Crippen molar-refractivity contribution in [3.8, 4) is 11.1 Å². The molecule has 0 spiro atoms. The van der Waals surface area contributed by atoms with E-state index >= 15 is 0 Å². The van der Waals surface area contributed by atoms with Crippen LogP contribution in [0.4, 0.5) is 4.39 Å². The molecule has 0 saturated heterocycles. The molecule has 5 rings (SSSR count). The fourth-order valence-corrected chi connectivity index (χ4v) is 5.25. The van der Waals surface area contributed by atoms with Crippen molar-refractivity contribution in [3.05, 3.63) is 120 Å². The highest BCUT2D eigenvalue weighted by molar-refractivity contribution is 7.90.